The van der Waals surface area contributed by atoms with Crippen LogP contribution in [0.5, 0.6) is 0 Å². The Balaban J connectivity index is 1.78. The Kier molecular flexibility index (Phi) is 5.34. The maximum absolute atomic E-state index is 13.5. The standard InChI is InChI=1S/C21H19ClN4O2S/c1-12-19(29-11-25-12)21(28)26(10-13-4-3-9-24-18(13)20(23)27)17-8-7-14-15(17)5-2-6-16(14)22/h2-6,9,11,17H,7-8,10H2,1H3,(H2,23,27)/t17-/m1/s1. The molecule has 1 atom stereocenters. The minimum atomic E-state index is -0.614. The SMILES string of the molecule is Cc1ncsc1C(=O)N(Cc1cccnc1C(N)=O)[C@@H]1CCc2c(Cl)cccc21. The minimum absolute atomic E-state index is 0.123. The van der Waals surface area contributed by atoms with Crippen LogP contribution in [0.4, 0.5) is 0 Å². The number of rotatable bonds is 5. The highest BCUT2D eigenvalue weighted by Gasteiger charge is 2.34. The summed E-state index contributed by atoms with van der Waals surface area (Å²) in [5, 5.41) is 0.713. The molecule has 1 aromatic carbocycles. The first kappa shape index (κ1) is 19.5. The lowest BCUT2D eigenvalue weighted by Crippen LogP contribution is -2.34. The number of pyridine rings is 1. The average molecular weight is 427 g/mol. The van der Waals surface area contributed by atoms with Gasteiger partial charge in [-0.25, -0.2) is 4.98 Å². The normalized spacial score (nSPS) is 15.2. The van der Waals surface area contributed by atoms with Crippen molar-refractivity contribution in [2.75, 3.05) is 0 Å². The van der Waals surface area contributed by atoms with Gasteiger partial charge in [-0.1, -0.05) is 29.8 Å². The molecule has 3 aromatic rings. The number of aryl methyl sites for hydroxylation is 1. The molecule has 0 fully saturated rings. The maximum Gasteiger partial charge on any atom is 0.267 e. The Morgan fingerprint density at radius 3 is 2.83 bits per heavy atom. The molecular formula is C21H19ClN4O2S. The predicted octanol–water partition coefficient (Wildman–Crippen LogP) is 3.93. The van der Waals surface area contributed by atoms with Gasteiger partial charge < -0.3 is 10.6 Å². The molecule has 148 valence electrons. The lowest BCUT2D eigenvalue weighted by atomic mass is 10.0. The van der Waals surface area contributed by atoms with Crippen molar-refractivity contribution >= 4 is 34.8 Å². The van der Waals surface area contributed by atoms with Crippen LogP contribution in [0.3, 0.4) is 0 Å². The van der Waals surface area contributed by atoms with Crippen molar-refractivity contribution in [2.24, 2.45) is 5.73 Å². The van der Waals surface area contributed by atoms with E-state index in [-0.39, 0.29) is 24.2 Å². The minimum Gasteiger partial charge on any atom is -0.364 e. The molecule has 1 aliphatic rings. The van der Waals surface area contributed by atoms with Gasteiger partial charge >= 0.3 is 0 Å². The molecule has 0 saturated heterocycles. The molecule has 0 saturated carbocycles. The molecule has 6 nitrogen and oxygen atoms in total. The van der Waals surface area contributed by atoms with Crippen LogP contribution in [-0.2, 0) is 13.0 Å². The molecule has 0 unspecified atom stereocenters. The largest absolute Gasteiger partial charge is 0.364 e. The highest BCUT2D eigenvalue weighted by molar-refractivity contribution is 7.11. The van der Waals surface area contributed by atoms with Crippen molar-refractivity contribution in [2.45, 2.75) is 32.4 Å². The lowest BCUT2D eigenvalue weighted by molar-refractivity contribution is 0.0660. The van der Waals surface area contributed by atoms with Crippen LogP contribution in [0.15, 0.2) is 42.0 Å². The van der Waals surface area contributed by atoms with Gasteiger partial charge in [0, 0.05) is 23.3 Å². The Hall–Kier alpha value is -2.77. The van der Waals surface area contributed by atoms with Crippen molar-refractivity contribution < 1.29 is 9.59 Å². The molecule has 0 spiro atoms. The summed E-state index contributed by atoms with van der Waals surface area (Å²) in [6.07, 6.45) is 3.07. The van der Waals surface area contributed by atoms with E-state index in [1.807, 2.05) is 25.1 Å². The molecule has 2 heterocycles. The Morgan fingerprint density at radius 1 is 1.28 bits per heavy atom. The first-order valence-corrected chi connectivity index (χ1v) is 10.4. The summed E-state index contributed by atoms with van der Waals surface area (Å²) in [7, 11) is 0. The van der Waals surface area contributed by atoms with E-state index < -0.39 is 5.91 Å². The van der Waals surface area contributed by atoms with E-state index in [1.54, 1.807) is 22.5 Å². The number of benzene rings is 1. The fraction of sp³-hybridized carbons (Fsp3) is 0.238. The summed E-state index contributed by atoms with van der Waals surface area (Å²) in [6.45, 7) is 2.04. The van der Waals surface area contributed by atoms with Gasteiger partial charge in [0.05, 0.1) is 17.2 Å². The van der Waals surface area contributed by atoms with Crippen LogP contribution in [0.2, 0.25) is 5.02 Å². The zero-order chi connectivity index (χ0) is 20.5. The zero-order valence-corrected chi connectivity index (χ0v) is 17.3. The first-order chi connectivity index (χ1) is 14.0. The lowest BCUT2D eigenvalue weighted by Gasteiger charge is -2.30. The first-order valence-electron chi connectivity index (χ1n) is 9.19. The fourth-order valence-electron chi connectivity index (χ4n) is 3.84. The smallest absolute Gasteiger partial charge is 0.267 e. The summed E-state index contributed by atoms with van der Waals surface area (Å²) < 4.78 is 0. The number of aromatic nitrogens is 2. The number of halogens is 1. The number of carbonyl (C=O) groups excluding carboxylic acids is 2. The van der Waals surface area contributed by atoms with Crippen LogP contribution in [0.25, 0.3) is 0 Å². The molecule has 0 bridgehead atoms. The number of carbonyl (C=O) groups is 2. The predicted molar refractivity (Wildman–Crippen MR) is 112 cm³/mol. The van der Waals surface area contributed by atoms with Crippen LogP contribution >= 0.6 is 22.9 Å². The second kappa shape index (κ2) is 7.93. The van der Waals surface area contributed by atoms with Crippen molar-refractivity contribution in [3.8, 4) is 0 Å². The van der Waals surface area contributed by atoms with Crippen molar-refractivity contribution in [3.63, 3.8) is 0 Å². The molecule has 2 aromatic heterocycles. The van der Waals surface area contributed by atoms with E-state index in [9.17, 15) is 9.59 Å². The highest BCUT2D eigenvalue weighted by atomic mass is 35.5. The molecule has 0 aliphatic heterocycles. The van der Waals surface area contributed by atoms with E-state index in [1.165, 1.54) is 17.5 Å². The highest BCUT2D eigenvalue weighted by Crippen LogP contribution is 2.40. The van der Waals surface area contributed by atoms with Gasteiger partial charge in [0.2, 0.25) is 0 Å². The Labute approximate surface area is 177 Å². The topological polar surface area (TPSA) is 89.2 Å². The van der Waals surface area contributed by atoms with Crippen LogP contribution in [0, 0.1) is 6.92 Å². The van der Waals surface area contributed by atoms with Gasteiger partial charge in [0.1, 0.15) is 10.6 Å². The van der Waals surface area contributed by atoms with Crippen molar-refractivity contribution in [1.82, 2.24) is 14.9 Å². The third-order valence-electron chi connectivity index (χ3n) is 5.22. The number of nitrogens with two attached hydrogens (primary N) is 1. The summed E-state index contributed by atoms with van der Waals surface area (Å²) in [5.41, 5.74) is 10.8. The Morgan fingerprint density at radius 2 is 2.10 bits per heavy atom. The van der Waals surface area contributed by atoms with E-state index in [0.717, 1.165) is 24.0 Å². The van der Waals surface area contributed by atoms with Gasteiger partial charge in [-0.15, -0.1) is 11.3 Å². The van der Waals surface area contributed by atoms with Gasteiger partial charge in [-0.05, 0) is 43.0 Å². The zero-order valence-electron chi connectivity index (χ0n) is 15.8. The Bertz CT molecular complexity index is 1100. The number of nitrogens with zero attached hydrogens (tertiary/aromatic N) is 3. The second-order valence-electron chi connectivity index (χ2n) is 6.94. The number of hydrogen-bond acceptors (Lipinski definition) is 5. The quantitative estimate of drug-likeness (QED) is 0.669. The van der Waals surface area contributed by atoms with Gasteiger partial charge in [-0.2, -0.15) is 0 Å². The molecule has 2 amide bonds. The fourth-order valence-corrected chi connectivity index (χ4v) is 4.88. The molecule has 2 N–H and O–H groups in total. The maximum atomic E-state index is 13.5. The summed E-state index contributed by atoms with van der Waals surface area (Å²) in [6, 6.07) is 9.14. The molecular weight excluding hydrogens is 408 g/mol. The van der Waals surface area contributed by atoms with Gasteiger partial charge in [0.15, 0.2) is 0 Å². The van der Waals surface area contributed by atoms with Gasteiger partial charge in [-0.3, -0.25) is 14.6 Å². The molecule has 4 rings (SSSR count). The molecule has 0 radical (unpaired) electrons. The van der Waals surface area contributed by atoms with Gasteiger partial charge in [0.25, 0.3) is 11.8 Å². The second-order valence-corrected chi connectivity index (χ2v) is 8.20. The molecule has 8 heteroatoms. The summed E-state index contributed by atoms with van der Waals surface area (Å²) in [5.74, 6) is -0.737. The third-order valence-corrected chi connectivity index (χ3v) is 6.49. The number of primary amides is 1. The molecule has 29 heavy (non-hydrogen) atoms. The number of fused-ring (bicyclic) bond motifs is 1. The summed E-state index contributed by atoms with van der Waals surface area (Å²) in [4.78, 5) is 36.1. The van der Waals surface area contributed by atoms with E-state index in [4.69, 9.17) is 17.3 Å². The number of amides is 2. The average Bonchev–Trinajstić information content (AvgIpc) is 3.33. The third kappa shape index (κ3) is 3.63. The number of thiazole rings is 1. The van der Waals surface area contributed by atoms with E-state index >= 15 is 0 Å². The van der Waals surface area contributed by atoms with Crippen molar-refractivity contribution in [1.29, 1.82) is 0 Å². The van der Waals surface area contributed by atoms with E-state index in [0.29, 0.717) is 21.2 Å². The molecule has 1 aliphatic carbocycles. The monoisotopic (exact) mass is 426 g/mol. The van der Waals surface area contributed by atoms with Crippen LogP contribution in [0.1, 0.15) is 55.0 Å². The summed E-state index contributed by atoms with van der Waals surface area (Å²) >= 11 is 7.70. The van der Waals surface area contributed by atoms with Crippen LogP contribution in [-0.4, -0.2) is 26.7 Å². The number of hydrogen-bond donors (Lipinski definition) is 1. The van der Waals surface area contributed by atoms with Crippen molar-refractivity contribution in [3.05, 3.63) is 80.0 Å². The van der Waals surface area contributed by atoms with E-state index in [2.05, 4.69) is 9.97 Å². The van der Waals surface area contributed by atoms with Crippen LogP contribution < -0.4 is 5.73 Å².